The third kappa shape index (κ3) is 5.12. The maximum atomic E-state index is 12.3. The third-order valence-corrected chi connectivity index (χ3v) is 2.92. The molecule has 2 nitrogen and oxygen atoms in total. The zero-order valence-electron chi connectivity index (χ0n) is 11.2. The lowest BCUT2D eigenvalue weighted by molar-refractivity contribution is -0.471. The molecule has 0 aliphatic carbocycles. The zero-order chi connectivity index (χ0) is 16.4. The van der Waals surface area contributed by atoms with Crippen molar-refractivity contribution in [1.29, 1.82) is 0 Å². The molecule has 22 heavy (non-hydrogen) atoms. The molecule has 0 bridgehead atoms. The maximum absolute atomic E-state index is 12.3. The first kappa shape index (κ1) is 16.4. The van der Waals surface area contributed by atoms with Crippen molar-refractivity contribution in [3.63, 3.8) is 0 Å². The average molecular weight is 320 g/mol. The summed E-state index contributed by atoms with van der Waals surface area (Å²) in [6, 6.07) is 11.3. The van der Waals surface area contributed by atoms with Crippen molar-refractivity contribution >= 4 is 25.6 Å². The molecule has 0 radical (unpaired) electrons. The summed E-state index contributed by atoms with van der Waals surface area (Å²) in [5.41, 5.74) is 1.36. The third-order valence-electron chi connectivity index (χ3n) is 2.92. The standard InChI is InChI=1S/C12H12B2F6N2/c15-13(16,17)21-11-5-1-9(2-6-11)10-3-7-12(8-4-10)22-14(18,19)20/h1-8H,21-22H2. The summed E-state index contributed by atoms with van der Waals surface area (Å²) in [4.78, 5) is 0. The minimum absolute atomic E-state index is 0.0426. The normalized spacial score (nSPS) is 12.5. The van der Waals surface area contributed by atoms with E-state index < -0.39 is 14.2 Å². The smallest absolute Gasteiger partial charge is 0.410 e. The van der Waals surface area contributed by atoms with E-state index in [1.165, 1.54) is 48.5 Å². The Morgan fingerprint density at radius 3 is 1.00 bits per heavy atom. The Labute approximate surface area is 122 Å². The van der Waals surface area contributed by atoms with E-state index in [1.54, 1.807) is 0 Å². The lowest BCUT2D eigenvalue weighted by Gasteiger charge is -2.12. The zero-order valence-corrected chi connectivity index (χ0v) is 11.2. The van der Waals surface area contributed by atoms with Crippen LogP contribution in [0.25, 0.3) is 11.1 Å². The van der Waals surface area contributed by atoms with Crippen molar-refractivity contribution in [2.75, 3.05) is 0 Å². The van der Waals surface area contributed by atoms with Gasteiger partial charge in [0.2, 0.25) is 0 Å². The largest absolute Gasteiger partial charge is 0.734 e. The molecule has 0 unspecified atom stereocenters. The first-order valence-corrected chi connectivity index (χ1v) is 6.45. The van der Waals surface area contributed by atoms with Crippen LogP contribution in [0.5, 0.6) is 0 Å². The van der Waals surface area contributed by atoms with Crippen molar-refractivity contribution < 1.29 is 36.3 Å². The van der Waals surface area contributed by atoms with Gasteiger partial charge in [0.05, 0.1) is 11.4 Å². The first-order valence-electron chi connectivity index (χ1n) is 6.45. The van der Waals surface area contributed by atoms with Crippen LogP contribution in [0.15, 0.2) is 48.5 Å². The molecule has 0 aliphatic rings. The molecule has 2 aromatic carbocycles. The Hall–Kier alpha value is -1.93. The number of hydrogen-bond donors (Lipinski definition) is 2. The first-order chi connectivity index (χ1) is 10.1. The summed E-state index contributed by atoms with van der Waals surface area (Å²) >= 11 is 0. The fourth-order valence-corrected chi connectivity index (χ4v) is 2.01. The Bertz CT molecular complexity index is 565. The monoisotopic (exact) mass is 320 g/mol. The SMILES string of the molecule is F[B-](F)(F)[NH2+]c1ccc(-c2ccc([NH2+][B-](F)(F)F)cc2)cc1. The van der Waals surface area contributed by atoms with Gasteiger partial charge in [-0.2, -0.15) is 0 Å². The highest BCUT2D eigenvalue weighted by Crippen LogP contribution is 2.21. The predicted octanol–water partition coefficient (Wildman–Crippen LogP) is 2.43. The van der Waals surface area contributed by atoms with Crippen molar-refractivity contribution in [2.24, 2.45) is 0 Å². The molecule has 2 rings (SSSR count). The van der Waals surface area contributed by atoms with Crippen LogP contribution in [0.2, 0.25) is 0 Å². The number of hydrogen-bond acceptors (Lipinski definition) is 0. The number of benzene rings is 2. The molecule has 0 aliphatic heterocycles. The fraction of sp³-hybridized carbons (Fsp3) is 0. The molecule has 0 saturated heterocycles. The van der Waals surface area contributed by atoms with Crippen LogP contribution in [-0.4, -0.2) is 14.2 Å². The van der Waals surface area contributed by atoms with Gasteiger partial charge in [0.25, 0.3) is 0 Å². The van der Waals surface area contributed by atoms with Crippen molar-refractivity contribution in [3.8, 4) is 11.1 Å². The molecule has 0 fully saturated rings. The minimum atomic E-state index is -5.01. The van der Waals surface area contributed by atoms with Gasteiger partial charge in [-0.25, -0.2) is 0 Å². The van der Waals surface area contributed by atoms with Gasteiger partial charge in [-0.1, -0.05) is 0 Å². The summed E-state index contributed by atoms with van der Waals surface area (Å²) in [5.74, 6) is 0. The van der Waals surface area contributed by atoms with E-state index in [2.05, 4.69) is 0 Å². The van der Waals surface area contributed by atoms with E-state index in [-0.39, 0.29) is 21.8 Å². The van der Waals surface area contributed by atoms with E-state index >= 15 is 0 Å². The molecular weight excluding hydrogens is 308 g/mol. The van der Waals surface area contributed by atoms with E-state index in [9.17, 15) is 25.9 Å². The van der Waals surface area contributed by atoms with Crippen molar-refractivity contribution in [2.45, 2.75) is 0 Å². The molecule has 0 aromatic heterocycles. The molecular formula is C12H12B2F6N2. The van der Waals surface area contributed by atoms with Crippen molar-refractivity contribution in [3.05, 3.63) is 48.5 Å². The lowest BCUT2D eigenvalue weighted by atomic mass is 10.0. The fourth-order valence-electron chi connectivity index (χ4n) is 2.01. The Balaban J connectivity index is 2.12. The summed E-state index contributed by atoms with van der Waals surface area (Å²) in [5, 5.41) is 0.487. The van der Waals surface area contributed by atoms with Gasteiger partial charge < -0.3 is 36.3 Å². The molecule has 0 amide bonds. The van der Waals surface area contributed by atoms with Gasteiger partial charge in [-0.3, -0.25) is 0 Å². The van der Waals surface area contributed by atoms with Crippen LogP contribution >= 0.6 is 0 Å². The Morgan fingerprint density at radius 2 is 0.773 bits per heavy atom. The number of quaternary nitrogens is 2. The van der Waals surface area contributed by atoms with Gasteiger partial charge >= 0.3 is 14.2 Å². The van der Waals surface area contributed by atoms with Gasteiger partial charge in [0, 0.05) is 0 Å². The van der Waals surface area contributed by atoms with Crippen LogP contribution in [0.1, 0.15) is 0 Å². The molecule has 0 spiro atoms. The van der Waals surface area contributed by atoms with Gasteiger partial charge in [-0.05, 0) is 59.7 Å². The second-order valence-corrected chi connectivity index (χ2v) is 4.83. The molecule has 4 N–H and O–H groups in total. The molecule has 0 saturated carbocycles. The summed E-state index contributed by atoms with van der Waals surface area (Å²) in [7, 11) is -10.0. The van der Waals surface area contributed by atoms with E-state index in [0.29, 0.717) is 11.1 Å². The van der Waals surface area contributed by atoms with Gasteiger partial charge in [0.1, 0.15) is 0 Å². The summed E-state index contributed by atoms with van der Waals surface area (Å²) < 4.78 is 73.5. The molecule has 0 atom stereocenters. The van der Waals surface area contributed by atoms with E-state index in [1.807, 2.05) is 0 Å². The van der Waals surface area contributed by atoms with Crippen LogP contribution in [-0.2, 0) is 0 Å². The molecule has 0 heterocycles. The highest BCUT2D eigenvalue weighted by Gasteiger charge is 2.33. The number of rotatable bonds is 5. The Morgan fingerprint density at radius 1 is 0.500 bits per heavy atom. The summed E-state index contributed by atoms with van der Waals surface area (Å²) in [6.45, 7) is 0. The van der Waals surface area contributed by atoms with Crippen LogP contribution in [0.4, 0.5) is 37.3 Å². The molecule has 118 valence electrons. The van der Waals surface area contributed by atoms with E-state index in [0.717, 1.165) is 0 Å². The maximum Gasteiger partial charge on any atom is 0.734 e. The quantitative estimate of drug-likeness (QED) is 0.482. The number of nitrogens with two attached hydrogens (primary N) is 2. The average Bonchev–Trinajstić information content (AvgIpc) is 2.37. The van der Waals surface area contributed by atoms with Crippen molar-refractivity contribution in [1.82, 2.24) is 0 Å². The van der Waals surface area contributed by atoms with Crippen LogP contribution in [0.3, 0.4) is 0 Å². The van der Waals surface area contributed by atoms with Crippen LogP contribution < -0.4 is 10.5 Å². The number of halogens is 6. The summed E-state index contributed by atoms with van der Waals surface area (Å²) in [6.07, 6.45) is 0. The lowest BCUT2D eigenvalue weighted by Crippen LogP contribution is -2.91. The highest BCUT2D eigenvalue weighted by atomic mass is 19.4. The molecule has 2 aromatic rings. The second-order valence-electron chi connectivity index (χ2n) is 4.83. The molecule has 10 heteroatoms. The second kappa shape index (κ2) is 6.05. The van der Waals surface area contributed by atoms with Gasteiger partial charge in [-0.15, -0.1) is 0 Å². The highest BCUT2D eigenvalue weighted by molar-refractivity contribution is 6.48. The van der Waals surface area contributed by atoms with Gasteiger partial charge in [0.15, 0.2) is 0 Å². The van der Waals surface area contributed by atoms with Crippen LogP contribution in [0, 0.1) is 0 Å². The predicted molar refractivity (Wildman–Crippen MR) is 73.2 cm³/mol. The minimum Gasteiger partial charge on any atom is -0.410 e. The topological polar surface area (TPSA) is 33.2 Å². The van der Waals surface area contributed by atoms with E-state index in [4.69, 9.17) is 0 Å². The Kier molecular flexibility index (Phi) is 4.52.